The van der Waals surface area contributed by atoms with Gasteiger partial charge in [0.05, 0.1) is 0 Å². The van der Waals surface area contributed by atoms with Crippen molar-refractivity contribution >= 4 is 17.1 Å². The van der Waals surface area contributed by atoms with E-state index in [2.05, 4.69) is 13.0 Å². The molecule has 1 unspecified atom stereocenters. The number of carbonyl (C=O) groups excluding carboxylic acids is 1. The highest BCUT2D eigenvalue weighted by atomic mass is 32.1. The molecule has 0 aliphatic rings. The molecule has 0 fully saturated rings. The normalized spacial score (nSPS) is 12.7. The molecule has 2 N–H and O–H groups in total. The highest BCUT2D eigenvalue weighted by molar-refractivity contribution is 7.09. The third-order valence-corrected chi connectivity index (χ3v) is 3.51. The van der Waals surface area contributed by atoms with Crippen LogP contribution in [0.25, 0.3) is 0 Å². The van der Waals surface area contributed by atoms with Gasteiger partial charge in [-0.3, -0.25) is 4.79 Å². The van der Waals surface area contributed by atoms with Gasteiger partial charge in [-0.15, -0.1) is 11.3 Å². The van der Waals surface area contributed by atoms with Crippen molar-refractivity contribution in [2.24, 2.45) is 11.7 Å². The summed E-state index contributed by atoms with van der Waals surface area (Å²) in [5.74, 6) is 0.405. The second kappa shape index (κ2) is 6.75. The third-order valence-electron chi connectivity index (χ3n) is 2.57. The molecule has 1 aromatic heterocycles. The van der Waals surface area contributed by atoms with Gasteiger partial charge in [0.15, 0.2) is 0 Å². The number of rotatable bonds is 7. The number of carbonyl (C=O) groups is 1. The summed E-state index contributed by atoms with van der Waals surface area (Å²) in [4.78, 5) is 13.1. The summed E-state index contributed by atoms with van der Waals surface area (Å²) in [5.41, 5.74) is 5.59. The quantitative estimate of drug-likeness (QED) is 0.775. The van der Waals surface area contributed by atoms with Crippen molar-refractivity contribution in [1.82, 2.24) is 0 Å². The fraction of sp³-hybridized carbons (Fsp3) is 0.583. The lowest BCUT2D eigenvalue weighted by Crippen LogP contribution is -2.23. The second-order valence-corrected chi connectivity index (χ2v) is 4.80. The van der Waals surface area contributed by atoms with Gasteiger partial charge in [-0.1, -0.05) is 19.4 Å². The fourth-order valence-electron chi connectivity index (χ4n) is 1.66. The number of Topliss-reactive ketones (excluding diaryl/α,β-unsaturated/α-hetero) is 1. The molecule has 0 aromatic carbocycles. The monoisotopic (exact) mass is 225 g/mol. The summed E-state index contributed by atoms with van der Waals surface area (Å²) < 4.78 is 0. The maximum atomic E-state index is 11.8. The second-order valence-electron chi connectivity index (χ2n) is 3.77. The molecule has 3 heteroatoms. The Kier molecular flexibility index (Phi) is 5.58. The first-order valence-electron chi connectivity index (χ1n) is 5.53. The van der Waals surface area contributed by atoms with Gasteiger partial charge in [0.1, 0.15) is 5.78 Å². The van der Waals surface area contributed by atoms with Crippen LogP contribution in [0.1, 0.15) is 31.1 Å². The van der Waals surface area contributed by atoms with E-state index < -0.39 is 0 Å². The topological polar surface area (TPSA) is 43.1 Å². The van der Waals surface area contributed by atoms with Crippen molar-refractivity contribution in [3.8, 4) is 0 Å². The summed E-state index contributed by atoms with van der Waals surface area (Å²) in [6, 6.07) is 4.10. The predicted octanol–water partition coefficient (Wildman–Crippen LogP) is 2.62. The van der Waals surface area contributed by atoms with Gasteiger partial charge in [0.2, 0.25) is 0 Å². The molecular formula is C12H19NOS. The Hall–Kier alpha value is -0.670. The number of hydrogen-bond acceptors (Lipinski definition) is 3. The summed E-state index contributed by atoms with van der Waals surface area (Å²) >= 11 is 1.71. The van der Waals surface area contributed by atoms with Crippen molar-refractivity contribution < 1.29 is 4.79 Å². The molecule has 0 saturated carbocycles. The Morgan fingerprint density at radius 2 is 2.40 bits per heavy atom. The molecule has 0 radical (unpaired) electrons. The first kappa shape index (κ1) is 12.4. The number of ketones is 1. The van der Waals surface area contributed by atoms with Crippen LogP contribution in [0.2, 0.25) is 0 Å². The smallest absolute Gasteiger partial charge is 0.137 e. The average molecular weight is 225 g/mol. The van der Waals surface area contributed by atoms with Gasteiger partial charge < -0.3 is 5.73 Å². The van der Waals surface area contributed by atoms with Crippen molar-refractivity contribution in [3.05, 3.63) is 22.4 Å². The zero-order chi connectivity index (χ0) is 11.1. The van der Waals surface area contributed by atoms with Gasteiger partial charge in [0, 0.05) is 23.8 Å². The van der Waals surface area contributed by atoms with Gasteiger partial charge >= 0.3 is 0 Å². The van der Waals surface area contributed by atoms with Crippen molar-refractivity contribution in [2.75, 3.05) is 6.54 Å². The summed E-state index contributed by atoms with van der Waals surface area (Å²) in [5, 5.41) is 2.05. The number of thiophene rings is 1. The molecule has 0 spiro atoms. The molecule has 1 aromatic rings. The Balaban J connectivity index is 2.34. The zero-order valence-corrected chi connectivity index (χ0v) is 10.1. The van der Waals surface area contributed by atoms with Crippen LogP contribution in [0.4, 0.5) is 0 Å². The van der Waals surface area contributed by atoms with E-state index in [0.717, 1.165) is 19.3 Å². The molecular weight excluding hydrogens is 206 g/mol. The summed E-state index contributed by atoms with van der Waals surface area (Å²) in [7, 11) is 0. The number of nitrogens with two attached hydrogens (primary N) is 1. The summed E-state index contributed by atoms with van der Waals surface area (Å²) in [6.45, 7) is 2.59. The van der Waals surface area contributed by atoms with Crippen molar-refractivity contribution in [2.45, 2.75) is 32.6 Å². The van der Waals surface area contributed by atoms with Gasteiger partial charge in [-0.25, -0.2) is 0 Å². The Morgan fingerprint density at radius 3 is 2.93 bits per heavy atom. The van der Waals surface area contributed by atoms with E-state index in [-0.39, 0.29) is 5.92 Å². The van der Waals surface area contributed by atoms with E-state index in [1.54, 1.807) is 11.3 Å². The first-order valence-corrected chi connectivity index (χ1v) is 6.41. The van der Waals surface area contributed by atoms with Crippen molar-refractivity contribution in [3.63, 3.8) is 0 Å². The van der Waals surface area contributed by atoms with Gasteiger partial charge in [-0.05, 0) is 24.3 Å². The van der Waals surface area contributed by atoms with Crippen LogP contribution in [0.15, 0.2) is 17.5 Å². The highest BCUT2D eigenvalue weighted by Crippen LogP contribution is 2.14. The maximum absolute atomic E-state index is 11.8. The van der Waals surface area contributed by atoms with Crippen LogP contribution in [0.3, 0.4) is 0 Å². The van der Waals surface area contributed by atoms with E-state index in [1.807, 2.05) is 11.4 Å². The van der Waals surface area contributed by atoms with Gasteiger partial charge in [0.25, 0.3) is 0 Å². The van der Waals surface area contributed by atoms with E-state index in [9.17, 15) is 4.79 Å². The van der Waals surface area contributed by atoms with Crippen LogP contribution in [0, 0.1) is 5.92 Å². The minimum Gasteiger partial charge on any atom is -0.330 e. The molecule has 0 aliphatic heterocycles. The van der Waals surface area contributed by atoms with Crippen LogP contribution in [0.5, 0.6) is 0 Å². The van der Waals surface area contributed by atoms with E-state index in [4.69, 9.17) is 5.73 Å². The Morgan fingerprint density at radius 1 is 1.60 bits per heavy atom. The molecule has 1 atom stereocenters. The van der Waals surface area contributed by atoms with Crippen LogP contribution < -0.4 is 5.73 Å². The largest absolute Gasteiger partial charge is 0.330 e. The Bertz CT molecular complexity index is 282. The molecule has 0 aliphatic carbocycles. The standard InChI is InChI=1S/C12H19NOS/c1-2-4-10(9-13)12(14)7-6-11-5-3-8-15-11/h3,5,8,10H,2,4,6-7,9,13H2,1H3. The van der Waals surface area contributed by atoms with Gasteiger partial charge in [-0.2, -0.15) is 0 Å². The highest BCUT2D eigenvalue weighted by Gasteiger charge is 2.15. The number of aryl methyl sites for hydroxylation is 1. The molecule has 84 valence electrons. The molecule has 0 saturated heterocycles. The van der Waals surface area contributed by atoms with Crippen LogP contribution >= 0.6 is 11.3 Å². The molecule has 2 nitrogen and oxygen atoms in total. The Labute approximate surface area is 95.5 Å². The minimum absolute atomic E-state index is 0.0787. The van der Waals surface area contributed by atoms with Crippen LogP contribution in [-0.2, 0) is 11.2 Å². The van der Waals surface area contributed by atoms with E-state index in [0.29, 0.717) is 18.7 Å². The lowest BCUT2D eigenvalue weighted by molar-refractivity contribution is -0.122. The predicted molar refractivity (Wildman–Crippen MR) is 65.1 cm³/mol. The third kappa shape index (κ3) is 4.14. The first-order chi connectivity index (χ1) is 7.27. The lowest BCUT2D eigenvalue weighted by atomic mass is 9.95. The zero-order valence-electron chi connectivity index (χ0n) is 9.24. The average Bonchev–Trinajstić information content (AvgIpc) is 2.75. The van der Waals surface area contributed by atoms with Crippen molar-refractivity contribution in [1.29, 1.82) is 0 Å². The molecule has 0 bridgehead atoms. The molecule has 1 heterocycles. The SMILES string of the molecule is CCCC(CN)C(=O)CCc1cccs1. The van der Waals surface area contributed by atoms with E-state index >= 15 is 0 Å². The summed E-state index contributed by atoms with van der Waals surface area (Å²) in [6.07, 6.45) is 3.48. The lowest BCUT2D eigenvalue weighted by Gasteiger charge is -2.11. The molecule has 1 rings (SSSR count). The molecule has 15 heavy (non-hydrogen) atoms. The minimum atomic E-state index is 0.0787. The van der Waals surface area contributed by atoms with Crippen LogP contribution in [-0.4, -0.2) is 12.3 Å². The molecule has 0 amide bonds. The maximum Gasteiger partial charge on any atom is 0.137 e. The number of hydrogen-bond donors (Lipinski definition) is 1. The fourth-order valence-corrected chi connectivity index (χ4v) is 2.37. The van der Waals surface area contributed by atoms with E-state index in [1.165, 1.54) is 4.88 Å².